The number of benzene rings is 5. The number of fused-ring (bicyclic) bond motifs is 4. The fourth-order valence-corrected chi connectivity index (χ4v) is 7.99. The molecule has 0 aromatic heterocycles. The van der Waals surface area contributed by atoms with E-state index in [0.717, 1.165) is 23.3 Å². The van der Waals surface area contributed by atoms with E-state index < -0.39 is 59.2 Å². The van der Waals surface area contributed by atoms with Gasteiger partial charge in [0.1, 0.15) is 12.0 Å². The van der Waals surface area contributed by atoms with E-state index in [1.54, 1.807) is 54.6 Å². The molecule has 1 unspecified atom stereocenters. The first-order valence-electron chi connectivity index (χ1n) is 18.0. The topological polar surface area (TPSA) is 92.3 Å². The second-order valence-electron chi connectivity index (χ2n) is 14.1. The summed E-state index contributed by atoms with van der Waals surface area (Å²) in [5.41, 5.74) is 2.59. The quantitative estimate of drug-likeness (QED) is 0.0841. The van der Waals surface area contributed by atoms with E-state index in [2.05, 4.69) is 10.6 Å². The van der Waals surface area contributed by atoms with Gasteiger partial charge in [0.15, 0.2) is 0 Å². The average Bonchev–Trinajstić information content (AvgIpc) is 3.47. The Morgan fingerprint density at radius 2 is 1.30 bits per heavy atom. The van der Waals surface area contributed by atoms with Gasteiger partial charge in [-0.05, 0) is 88.5 Å². The van der Waals surface area contributed by atoms with E-state index in [-0.39, 0.29) is 29.7 Å². The molecule has 2 amide bonds. The molecule has 1 atom stereocenters. The number of Topliss-reactive ketones (excluding diaryl/α,β-unsaturated/α-hetero) is 2. The van der Waals surface area contributed by atoms with Crippen LogP contribution in [-0.2, 0) is 27.6 Å². The van der Waals surface area contributed by atoms with E-state index in [1.165, 1.54) is 24.3 Å². The number of unbranched alkanes of at least 4 members (excludes halogenated alkanes) is 1. The monoisotopic (exact) mass is 768 g/mol. The number of hydrogen-bond acceptors (Lipinski definition) is 4. The maximum Gasteiger partial charge on any atom is 0.416 e. The molecular weight excluding hydrogens is 734 g/mol. The number of halogens is 6. The lowest BCUT2D eigenvalue weighted by Gasteiger charge is -2.31. The lowest BCUT2D eigenvalue weighted by molar-refractivity contribution is -0.141. The Labute approximate surface area is 317 Å². The van der Waals surface area contributed by atoms with Crippen molar-refractivity contribution in [2.24, 2.45) is 5.92 Å². The number of carbonyl (C=O) groups excluding carboxylic acids is 4. The van der Waals surface area contributed by atoms with Crippen LogP contribution in [0.5, 0.6) is 0 Å². The van der Waals surface area contributed by atoms with Crippen LogP contribution in [0, 0.1) is 5.92 Å². The summed E-state index contributed by atoms with van der Waals surface area (Å²) in [6, 6.07) is 29.9. The molecule has 2 aliphatic rings. The van der Waals surface area contributed by atoms with Crippen molar-refractivity contribution >= 4 is 29.1 Å². The van der Waals surface area contributed by atoms with Crippen molar-refractivity contribution in [3.05, 3.63) is 149 Å². The molecule has 286 valence electrons. The van der Waals surface area contributed by atoms with Gasteiger partial charge in [0.25, 0.3) is 5.91 Å². The molecule has 0 fully saturated rings. The van der Waals surface area contributed by atoms with Gasteiger partial charge < -0.3 is 10.6 Å². The van der Waals surface area contributed by atoms with Gasteiger partial charge in [-0.15, -0.1) is 0 Å². The smallest absolute Gasteiger partial charge is 0.346 e. The van der Waals surface area contributed by atoms with Crippen LogP contribution in [-0.4, -0.2) is 36.1 Å². The molecule has 7 rings (SSSR count). The molecule has 0 bridgehead atoms. The van der Waals surface area contributed by atoms with E-state index in [1.807, 2.05) is 24.3 Å². The van der Waals surface area contributed by atoms with Crippen molar-refractivity contribution in [2.75, 3.05) is 11.9 Å². The average molecular weight is 769 g/mol. The van der Waals surface area contributed by atoms with Crippen molar-refractivity contribution in [2.45, 2.75) is 49.9 Å². The van der Waals surface area contributed by atoms with Gasteiger partial charge in [-0.25, -0.2) is 0 Å². The van der Waals surface area contributed by atoms with Gasteiger partial charge in [-0.1, -0.05) is 97.8 Å². The predicted molar refractivity (Wildman–Crippen MR) is 198 cm³/mol. The maximum atomic E-state index is 13.8. The Morgan fingerprint density at radius 1 is 0.696 bits per heavy atom. The van der Waals surface area contributed by atoms with Crippen LogP contribution in [0.4, 0.5) is 32.0 Å². The first-order chi connectivity index (χ1) is 26.7. The first kappa shape index (κ1) is 38.2. The number of carbonyl (C=O) groups is 4. The highest BCUT2D eigenvalue weighted by atomic mass is 19.4. The molecule has 0 aliphatic heterocycles. The summed E-state index contributed by atoms with van der Waals surface area (Å²) in [5.74, 6) is -3.27. The van der Waals surface area contributed by atoms with Gasteiger partial charge in [0.2, 0.25) is 17.5 Å². The summed E-state index contributed by atoms with van der Waals surface area (Å²) in [6.45, 7) is -1.47. The van der Waals surface area contributed by atoms with E-state index in [9.17, 15) is 45.5 Å². The van der Waals surface area contributed by atoms with Crippen LogP contribution >= 0.6 is 0 Å². The molecule has 56 heavy (non-hydrogen) atoms. The zero-order chi connectivity index (χ0) is 39.8. The van der Waals surface area contributed by atoms with Crippen LogP contribution < -0.4 is 10.6 Å². The lowest BCUT2D eigenvalue weighted by Crippen LogP contribution is -2.47. The Balaban J connectivity index is 1.04. The van der Waals surface area contributed by atoms with Crippen molar-refractivity contribution in [3.8, 4) is 22.3 Å². The fraction of sp³-hybridized carbons (Fsp3) is 0.227. The molecule has 0 radical (unpaired) electrons. The molecule has 5 aromatic rings. The Kier molecular flexibility index (Phi) is 10.2. The summed E-state index contributed by atoms with van der Waals surface area (Å²) in [7, 11) is 0. The van der Waals surface area contributed by atoms with Crippen molar-refractivity contribution in [1.82, 2.24) is 5.32 Å². The van der Waals surface area contributed by atoms with Gasteiger partial charge >= 0.3 is 12.4 Å². The molecule has 0 saturated heterocycles. The zero-order valence-corrected chi connectivity index (χ0v) is 29.7. The largest absolute Gasteiger partial charge is 0.416 e. The van der Waals surface area contributed by atoms with E-state index in [4.69, 9.17) is 0 Å². The molecule has 6 nitrogen and oxygen atoms in total. The third-order valence-corrected chi connectivity index (χ3v) is 10.6. The molecule has 0 spiro atoms. The second kappa shape index (κ2) is 14.9. The SMILES string of the molecule is O=C1C(=O)C(CCCCC2(C(=O)NCC(F)(F)F)c3ccccc3-c3ccccc32)Cc2ccc(NC(=O)c3ccccc3-c3ccc(C(F)(F)F)cc3)cc21. The Morgan fingerprint density at radius 3 is 1.93 bits per heavy atom. The van der Waals surface area contributed by atoms with E-state index >= 15 is 0 Å². The van der Waals surface area contributed by atoms with E-state index in [0.29, 0.717) is 47.1 Å². The van der Waals surface area contributed by atoms with Crippen LogP contribution in [0.25, 0.3) is 22.3 Å². The van der Waals surface area contributed by atoms with Gasteiger partial charge in [0.05, 0.1) is 5.56 Å². The van der Waals surface area contributed by atoms with Crippen LogP contribution in [0.15, 0.2) is 115 Å². The molecule has 5 aromatic carbocycles. The highest BCUT2D eigenvalue weighted by Crippen LogP contribution is 2.52. The second-order valence-corrected chi connectivity index (χ2v) is 14.1. The number of rotatable bonds is 10. The number of ketones is 2. The van der Waals surface area contributed by atoms with Crippen molar-refractivity contribution in [1.29, 1.82) is 0 Å². The molecule has 2 aliphatic carbocycles. The van der Waals surface area contributed by atoms with Gasteiger partial charge in [-0.2, -0.15) is 26.3 Å². The minimum absolute atomic E-state index is 0.152. The van der Waals surface area contributed by atoms with Gasteiger partial charge in [0, 0.05) is 22.7 Å². The van der Waals surface area contributed by atoms with Crippen LogP contribution in [0.2, 0.25) is 0 Å². The highest BCUT2D eigenvalue weighted by molar-refractivity contribution is 6.45. The molecule has 12 heteroatoms. The molecule has 2 N–H and O–H groups in total. The summed E-state index contributed by atoms with van der Waals surface area (Å²) in [4.78, 5) is 54.0. The number of anilines is 1. The summed E-state index contributed by atoms with van der Waals surface area (Å²) in [6.07, 6.45) is -7.56. The minimum Gasteiger partial charge on any atom is -0.346 e. The van der Waals surface area contributed by atoms with Crippen LogP contribution in [0.3, 0.4) is 0 Å². The number of nitrogens with one attached hydrogen (secondary N) is 2. The third kappa shape index (κ3) is 7.35. The Bertz CT molecular complexity index is 2300. The van der Waals surface area contributed by atoms with Crippen molar-refractivity contribution < 1.29 is 45.5 Å². The maximum absolute atomic E-state index is 13.8. The molecule has 0 heterocycles. The third-order valence-electron chi connectivity index (χ3n) is 10.6. The standard InChI is InChI=1S/C44H34F6N2O4/c45-43(46,47)25-51-41(56)42(36-14-5-3-11-32(36)33-12-4-6-15-37(33)42)22-8-7-9-28-23-27-18-21-30(24-35(27)39(54)38(28)53)52-40(55)34-13-2-1-10-31(34)26-16-19-29(20-17-26)44(48,49)50/h1-6,10-21,24,28H,7-9,22-23,25H2,(H,51,56)(H,52,55). The Hall–Kier alpha value is -6.04. The highest BCUT2D eigenvalue weighted by Gasteiger charge is 2.49. The number of amides is 2. The molecular formula is C44H34F6N2O4. The van der Waals surface area contributed by atoms with Gasteiger partial charge in [-0.3, -0.25) is 19.2 Å². The molecule has 0 saturated carbocycles. The minimum atomic E-state index is -4.60. The summed E-state index contributed by atoms with van der Waals surface area (Å²) < 4.78 is 79.1. The first-order valence-corrected chi connectivity index (χ1v) is 18.0. The zero-order valence-electron chi connectivity index (χ0n) is 29.7. The summed E-state index contributed by atoms with van der Waals surface area (Å²) in [5, 5.41) is 4.86. The fourth-order valence-electron chi connectivity index (χ4n) is 7.99. The predicted octanol–water partition coefficient (Wildman–Crippen LogP) is 9.75. The van der Waals surface area contributed by atoms with Crippen LogP contribution in [0.1, 0.15) is 68.7 Å². The number of hydrogen-bond donors (Lipinski definition) is 2. The summed E-state index contributed by atoms with van der Waals surface area (Å²) >= 11 is 0. The number of alkyl halides is 6. The van der Waals surface area contributed by atoms with Crippen molar-refractivity contribution in [3.63, 3.8) is 0 Å². The lowest BCUT2D eigenvalue weighted by atomic mass is 9.72. The normalized spacial score (nSPS) is 15.8.